The molecule has 0 spiro atoms. The Morgan fingerprint density at radius 3 is 2.28 bits per heavy atom. The second-order valence-corrected chi connectivity index (χ2v) is 4.51. The zero-order valence-electron chi connectivity index (χ0n) is 10.9. The molecule has 0 aliphatic rings. The summed E-state index contributed by atoms with van der Waals surface area (Å²) in [5, 5.41) is 2.72. The predicted octanol–water partition coefficient (Wildman–Crippen LogP) is 1.06. The van der Waals surface area contributed by atoms with E-state index >= 15 is 0 Å². The SMILES string of the molecule is CC(N)CC(=O)Nc1ccc(C(=O)N(C)C)cc1. The zero-order valence-corrected chi connectivity index (χ0v) is 10.9. The van der Waals surface area contributed by atoms with Gasteiger partial charge in [-0.15, -0.1) is 0 Å². The Labute approximate surface area is 107 Å². The van der Waals surface area contributed by atoms with Crippen molar-refractivity contribution >= 4 is 17.5 Å². The van der Waals surface area contributed by atoms with Gasteiger partial charge in [0.25, 0.3) is 5.91 Å². The third-order valence-electron chi connectivity index (χ3n) is 2.33. The lowest BCUT2D eigenvalue weighted by Crippen LogP contribution is -2.24. The van der Waals surface area contributed by atoms with Crippen molar-refractivity contribution in [3.8, 4) is 0 Å². The lowest BCUT2D eigenvalue weighted by molar-refractivity contribution is -0.116. The minimum Gasteiger partial charge on any atom is -0.345 e. The summed E-state index contributed by atoms with van der Waals surface area (Å²) in [5.41, 5.74) is 6.78. The minimum atomic E-state index is -0.167. The number of hydrogen-bond acceptors (Lipinski definition) is 3. The topological polar surface area (TPSA) is 75.4 Å². The van der Waals surface area contributed by atoms with E-state index in [0.717, 1.165) is 0 Å². The molecule has 0 heterocycles. The van der Waals surface area contributed by atoms with Crippen LogP contribution in [0, 0.1) is 0 Å². The summed E-state index contributed by atoms with van der Waals surface area (Å²) in [6, 6.07) is 6.61. The standard InChI is InChI=1S/C13H19N3O2/c1-9(14)8-12(17)15-11-6-4-10(5-7-11)13(18)16(2)3/h4-7,9H,8,14H2,1-3H3,(H,15,17). The number of rotatable bonds is 4. The first-order valence-electron chi connectivity index (χ1n) is 5.77. The maximum absolute atomic E-state index is 11.6. The second-order valence-electron chi connectivity index (χ2n) is 4.51. The summed E-state index contributed by atoms with van der Waals surface area (Å²) >= 11 is 0. The van der Waals surface area contributed by atoms with Crippen LogP contribution in [0.5, 0.6) is 0 Å². The fourth-order valence-electron chi connectivity index (χ4n) is 1.46. The highest BCUT2D eigenvalue weighted by Crippen LogP contribution is 2.11. The molecule has 0 aromatic heterocycles. The number of hydrogen-bond donors (Lipinski definition) is 2. The van der Waals surface area contributed by atoms with Crippen LogP contribution in [-0.4, -0.2) is 36.9 Å². The van der Waals surface area contributed by atoms with Crippen LogP contribution in [0.2, 0.25) is 0 Å². The van der Waals surface area contributed by atoms with E-state index in [9.17, 15) is 9.59 Å². The molecule has 98 valence electrons. The van der Waals surface area contributed by atoms with Crippen molar-refractivity contribution < 1.29 is 9.59 Å². The molecule has 0 saturated carbocycles. The van der Waals surface area contributed by atoms with Crippen molar-refractivity contribution in [3.63, 3.8) is 0 Å². The Morgan fingerprint density at radius 2 is 1.83 bits per heavy atom. The van der Waals surface area contributed by atoms with Crippen LogP contribution in [-0.2, 0) is 4.79 Å². The van der Waals surface area contributed by atoms with Crippen LogP contribution in [0.3, 0.4) is 0 Å². The lowest BCUT2D eigenvalue weighted by Gasteiger charge is -2.11. The lowest BCUT2D eigenvalue weighted by atomic mass is 10.2. The normalized spacial score (nSPS) is 11.8. The molecular formula is C13H19N3O2. The molecule has 2 amide bonds. The van der Waals surface area contributed by atoms with E-state index in [1.165, 1.54) is 4.90 Å². The molecule has 5 heteroatoms. The van der Waals surface area contributed by atoms with E-state index in [1.54, 1.807) is 45.3 Å². The molecule has 3 N–H and O–H groups in total. The fraction of sp³-hybridized carbons (Fsp3) is 0.385. The van der Waals surface area contributed by atoms with Gasteiger partial charge in [-0.2, -0.15) is 0 Å². The maximum Gasteiger partial charge on any atom is 0.253 e. The third kappa shape index (κ3) is 4.18. The Bertz CT molecular complexity index is 424. The summed E-state index contributed by atoms with van der Waals surface area (Å²) in [5.74, 6) is -0.194. The Morgan fingerprint density at radius 1 is 1.28 bits per heavy atom. The van der Waals surface area contributed by atoms with Gasteiger partial charge in [-0.05, 0) is 31.2 Å². The van der Waals surface area contributed by atoms with Gasteiger partial charge in [0.05, 0.1) is 0 Å². The van der Waals surface area contributed by atoms with Crippen molar-refractivity contribution in [2.24, 2.45) is 5.73 Å². The molecule has 1 unspecified atom stereocenters. The summed E-state index contributed by atoms with van der Waals surface area (Å²) in [7, 11) is 3.39. The number of nitrogens with one attached hydrogen (secondary N) is 1. The first kappa shape index (κ1) is 14.2. The predicted molar refractivity (Wildman–Crippen MR) is 71.4 cm³/mol. The summed E-state index contributed by atoms with van der Waals surface area (Å²) < 4.78 is 0. The molecule has 1 aromatic carbocycles. The van der Waals surface area contributed by atoms with Crippen molar-refractivity contribution in [1.29, 1.82) is 0 Å². The van der Waals surface area contributed by atoms with Crippen molar-refractivity contribution in [1.82, 2.24) is 4.90 Å². The maximum atomic E-state index is 11.6. The zero-order chi connectivity index (χ0) is 13.7. The monoisotopic (exact) mass is 249 g/mol. The van der Waals surface area contributed by atoms with E-state index in [0.29, 0.717) is 11.3 Å². The van der Waals surface area contributed by atoms with Gasteiger partial charge in [-0.3, -0.25) is 9.59 Å². The number of carbonyl (C=O) groups is 2. The first-order valence-corrected chi connectivity index (χ1v) is 5.77. The molecule has 5 nitrogen and oxygen atoms in total. The number of nitrogens with two attached hydrogens (primary N) is 1. The van der Waals surface area contributed by atoms with Crippen molar-refractivity contribution in [2.45, 2.75) is 19.4 Å². The smallest absolute Gasteiger partial charge is 0.253 e. The van der Waals surface area contributed by atoms with Crippen LogP contribution in [0.1, 0.15) is 23.7 Å². The highest BCUT2D eigenvalue weighted by Gasteiger charge is 2.08. The number of benzene rings is 1. The number of amides is 2. The summed E-state index contributed by atoms with van der Waals surface area (Å²) in [4.78, 5) is 24.6. The van der Waals surface area contributed by atoms with E-state index in [4.69, 9.17) is 5.73 Å². The van der Waals surface area contributed by atoms with E-state index in [2.05, 4.69) is 5.32 Å². The van der Waals surface area contributed by atoms with Crippen LogP contribution >= 0.6 is 0 Å². The van der Waals surface area contributed by atoms with Crippen molar-refractivity contribution in [2.75, 3.05) is 19.4 Å². The van der Waals surface area contributed by atoms with Crippen LogP contribution in [0.25, 0.3) is 0 Å². The average Bonchev–Trinajstić information content (AvgIpc) is 2.27. The molecule has 0 radical (unpaired) electrons. The average molecular weight is 249 g/mol. The Hall–Kier alpha value is -1.88. The summed E-state index contributed by atoms with van der Waals surface area (Å²) in [6.07, 6.45) is 0.276. The Balaban J connectivity index is 2.66. The van der Waals surface area contributed by atoms with Gasteiger partial charge in [0, 0.05) is 37.8 Å². The Kier molecular flexibility index (Phi) is 4.85. The fourth-order valence-corrected chi connectivity index (χ4v) is 1.46. The van der Waals surface area contributed by atoms with Crippen LogP contribution in [0.15, 0.2) is 24.3 Å². The van der Waals surface area contributed by atoms with Gasteiger partial charge in [0.2, 0.25) is 5.91 Å². The largest absolute Gasteiger partial charge is 0.345 e. The molecule has 0 bridgehead atoms. The molecular weight excluding hydrogens is 230 g/mol. The van der Waals surface area contributed by atoms with Gasteiger partial charge in [0.1, 0.15) is 0 Å². The number of carbonyl (C=O) groups excluding carboxylic acids is 2. The number of anilines is 1. The van der Waals surface area contributed by atoms with Gasteiger partial charge >= 0.3 is 0 Å². The third-order valence-corrected chi connectivity index (χ3v) is 2.33. The molecule has 18 heavy (non-hydrogen) atoms. The van der Waals surface area contributed by atoms with Gasteiger partial charge in [-0.25, -0.2) is 0 Å². The second kappa shape index (κ2) is 6.16. The van der Waals surface area contributed by atoms with E-state index < -0.39 is 0 Å². The number of nitrogens with zero attached hydrogens (tertiary/aromatic N) is 1. The quantitative estimate of drug-likeness (QED) is 0.838. The van der Waals surface area contributed by atoms with Crippen LogP contribution < -0.4 is 11.1 Å². The molecule has 0 saturated heterocycles. The molecule has 1 atom stereocenters. The molecule has 0 aliphatic carbocycles. The first-order chi connectivity index (χ1) is 8.40. The van der Waals surface area contributed by atoms with Crippen molar-refractivity contribution in [3.05, 3.63) is 29.8 Å². The highest BCUT2D eigenvalue weighted by atomic mass is 16.2. The van der Waals surface area contributed by atoms with Gasteiger partial charge in [-0.1, -0.05) is 0 Å². The van der Waals surface area contributed by atoms with Crippen LogP contribution in [0.4, 0.5) is 5.69 Å². The van der Waals surface area contributed by atoms with E-state index in [-0.39, 0.29) is 24.3 Å². The molecule has 0 fully saturated rings. The molecule has 1 rings (SSSR count). The van der Waals surface area contributed by atoms with Gasteiger partial charge < -0.3 is 16.0 Å². The molecule has 1 aromatic rings. The highest BCUT2D eigenvalue weighted by molar-refractivity contribution is 5.95. The van der Waals surface area contributed by atoms with Gasteiger partial charge in [0.15, 0.2) is 0 Å². The minimum absolute atomic E-state index is 0.0662. The summed E-state index contributed by atoms with van der Waals surface area (Å²) in [6.45, 7) is 1.78. The molecule has 0 aliphatic heterocycles. The van der Waals surface area contributed by atoms with E-state index in [1.807, 2.05) is 0 Å².